The van der Waals surface area contributed by atoms with Crippen molar-refractivity contribution < 1.29 is 19.4 Å². The highest BCUT2D eigenvalue weighted by Gasteiger charge is 2.07. The molecule has 4 nitrogen and oxygen atoms in total. The molecule has 0 amide bonds. The first-order valence-electron chi connectivity index (χ1n) is 3.32. The first-order chi connectivity index (χ1) is 5.22. The van der Waals surface area contributed by atoms with Gasteiger partial charge in [0.25, 0.3) is 0 Å². The van der Waals surface area contributed by atoms with Gasteiger partial charge in [0.1, 0.15) is 6.61 Å². The third-order valence-electron chi connectivity index (χ3n) is 0.871. The molecule has 0 rings (SSSR count). The zero-order valence-electron chi connectivity index (χ0n) is 6.50. The van der Waals surface area contributed by atoms with Gasteiger partial charge < -0.3 is 14.6 Å². The maximum absolute atomic E-state index is 10.7. The summed E-state index contributed by atoms with van der Waals surface area (Å²) >= 11 is 0. The van der Waals surface area contributed by atoms with Crippen molar-refractivity contribution in [3.05, 3.63) is 12.3 Å². The van der Waals surface area contributed by atoms with Crippen molar-refractivity contribution >= 4 is 5.97 Å². The molecule has 0 heterocycles. The van der Waals surface area contributed by atoms with E-state index in [4.69, 9.17) is 5.11 Å². The molecule has 4 heteroatoms. The Kier molecular flexibility index (Phi) is 5.20. The summed E-state index contributed by atoms with van der Waals surface area (Å²) in [4.78, 5) is 10.7. The molecule has 0 aromatic heterocycles. The highest BCUT2D eigenvalue weighted by molar-refractivity contribution is 5.85. The van der Waals surface area contributed by atoms with Crippen LogP contribution in [0.15, 0.2) is 12.3 Å². The van der Waals surface area contributed by atoms with Crippen LogP contribution < -0.4 is 0 Å². The molecule has 64 valence electrons. The number of aliphatic hydroxyl groups is 1. The summed E-state index contributed by atoms with van der Waals surface area (Å²) in [7, 11) is 0. The number of ether oxygens (including phenoxy) is 2. The molecule has 0 aromatic carbocycles. The summed E-state index contributed by atoms with van der Waals surface area (Å²) in [5.41, 5.74) is 0. The van der Waals surface area contributed by atoms with Gasteiger partial charge in [0.2, 0.25) is 0 Å². The Bertz CT molecular complexity index is 141. The van der Waals surface area contributed by atoms with E-state index in [2.05, 4.69) is 16.1 Å². The van der Waals surface area contributed by atoms with Gasteiger partial charge in [-0.25, -0.2) is 4.79 Å². The van der Waals surface area contributed by atoms with E-state index in [9.17, 15) is 4.79 Å². The zero-order chi connectivity index (χ0) is 8.69. The Morgan fingerprint density at radius 1 is 1.55 bits per heavy atom. The summed E-state index contributed by atoms with van der Waals surface area (Å²) in [6.45, 7) is 5.21. The van der Waals surface area contributed by atoms with Crippen LogP contribution in [0.4, 0.5) is 0 Å². The fourth-order valence-corrected chi connectivity index (χ4v) is 0.439. The molecular weight excluding hydrogens is 148 g/mol. The smallest absolute Gasteiger partial charge is 0.372 e. The number of hydrogen-bond donors (Lipinski definition) is 1. The second-order valence-electron chi connectivity index (χ2n) is 1.72. The van der Waals surface area contributed by atoms with Crippen molar-refractivity contribution in [2.75, 3.05) is 19.8 Å². The summed E-state index contributed by atoms with van der Waals surface area (Å²) in [5, 5.41) is 8.31. The van der Waals surface area contributed by atoms with Crippen molar-refractivity contribution in [2.24, 2.45) is 0 Å². The molecule has 0 aliphatic rings. The molecule has 0 fully saturated rings. The first kappa shape index (κ1) is 9.97. The summed E-state index contributed by atoms with van der Waals surface area (Å²) in [6.07, 6.45) is 0. The van der Waals surface area contributed by atoms with Crippen LogP contribution in [0, 0.1) is 0 Å². The van der Waals surface area contributed by atoms with E-state index in [0.717, 1.165) is 0 Å². The molecule has 0 aliphatic carbocycles. The van der Waals surface area contributed by atoms with Crippen LogP contribution >= 0.6 is 0 Å². The predicted octanol–water partition coefficient (Wildman–Crippen LogP) is 0.0721. The van der Waals surface area contributed by atoms with Crippen LogP contribution in [-0.4, -0.2) is 30.9 Å². The van der Waals surface area contributed by atoms with Gasteiger partial charge in [-0.15, -0.1) is 0 Å². The lowest BCUT2D eigenvalue weighted by Gasteiger charge is -2.05. The molecule has 0 bridgehead atoms. The Hall–Kier alpha value is -1.03. The van der Waals surface area contributed by atoms with E-state index in [1.54, 1.807) is 6.92 Å². The molecule has 0 radical (unpaired) electrons. The normalized spacial score (nSPS) is 8.91. The van der Waals surface area contributed by atoms with Gasteiger partial charge in [-0.1, -0.05) is 0 Å². The fraction of sp³-hybridized carbons (Fsp3) is 0.571. The number of rotatable bonds is 5. The number of carbonyl (C=O) groups excluding carboxylic acids is 1. The molecule has 0 saturated carbocycles. The van der Waals surface area contributed by atoms with Crippen molar-refractivity contribution in [2.45, 2.75) is 6.92 Å². The van der Waals surface area contributed by atoms with E-state index in [1.165, 1.54) is 0 Å². The Morgan fingerprint density at radius 2 is 2.18 bits per heavy atom. The second kappa shape index (κ2) is 5.73. The van der Waals surface area contributed by atoms with E-state index < -0.39 is 5.97 Å². The summed E-state index contributed by atoms with van der Waals surface area (Å²) in [5.74, 6) is -0.651. The number of aliphatic hydroxyl groups excluding tert-OH is 1. The third kappa shape index (κ3) is 4.38. The monoisotopic (exact) mass is 160 g/mol. The molecule has 0 saturated heterocycles. The standard InChI is InChI=1S/C7H12O4/c1-3-10-7(9)6(2)11-5-4-8/h8H,2-5H2,1H3. The molecule has 0 spiro atoms. The van der Waals surface area contributed by atoms with Gasteiger partial charge in [0, 0.05) is 0 Å². The molecule has 0 atom stereocenters. The Balaban J connectivity index is 3.56. The molecule has 0 aromatic rings. The quantitative estimate of drug-likeness (QED) is 0.351. The van der Waals surface area contributed by atoms with Crippen LogP contribution in [0.5, 0.6) is 0 Å². The molecule has 11 heavy (non-hydrogen) atoms. The second-order valence-corrected chi connectivity index (χ2v) is 1.72. The average Bonchev–Trinajstić information content (AvgIpc) is 2.00. The van der Waals surface area contributed by atoms with E-state index in [0.29, 0.717) is 6.61 Å². The lowest BCUT2D eigenvalue weighted by molar-refractivity contribution is -0.142. The van der Waals surface area contributed by atoms with Gasteiger partial charge in [0.15, 0.2) is 5.76 Å². The highest BCUT2D eigenvalue weighted by Crippen LogP contribution is 1.95. The van der Waals surface area contributed by atoms with Crippen LogP contribution in [0.25, 0.3) is 0 Å². The zero-order valence-corrected chi connectivity index (χ0v) is 6.50. The molecule has 0 unspecified atom stereocenters. The minimum absolute atomic E-state index is 0.0671. The van der Waals surface area contributed by atoms with Crippen molar-refractivity contribution in [1.29, 1.82) is 0 Å². The number of carbonyl (C=O) groups is 1. The first-order valence-corrected chi connectivity index (χ1v) is 3.32. The third-order valence-corrected chi connectivity index (χ3v) is 0.871. The largest absolute Gasteiger partial charge is 0.485 e. The van der Waals surface area contributed by atoms with E-state index >= 15 is 0 Å². The van der Waals surface area contributed by atoms with Crippen LogP contribution in [0.2, 0.25) is 0 Å². The summed E-state index contributed by atoms with van der Waals surface area (Å²) < 4.78 is 9.24. The van der Waals surface area contributed by atoms with Crippen LogP contribution in [0.1, 0.15) is 6.92 Å². The Labute approximate surface area is 65.4 Å². The maximum atomic E-state index is 10.7. The molecule has 0 aliphatic heterocycles. The van der Waals surface area contributed by atoms with E-state index in [1.807, 2.05) is 0 Å². The molecular formula is C7H12O4. The topological polar surface area (TPSA) is 55.8 Å². The van der Waals surface area contributed by atoms with Gasteiger partial charge in [0.05, 0.1) is 13.2 Å². The highest BCUT2D eigenvalue weighted by atomic mass is 16.6. The van der Waals surface area contributed by atoms with E-state index in [-0.39, 0.29) is 19.0 Å². The minimum atomic E-state index is -0.582. The SMILES string of the molecule is C=C(OCCO)C(=O)OCC. The lowest BCUT2D eigenvalue weighted by Crippen LogP contribution is -2.11. The van der Waals surface area contributed by atoms with Crippen molar-refractivity contribution in [3.63, 3.8) is 0 Å². The van der Waals surface area contributed by atoms with Crippen molar-refractivity contribution in [1.82, 2.24) is 0 Å². The van der Waals surface area contributed by atoms with Gasteiger partial charge in [-0.3, -0.25) is 0 Å². The Morgan fingerprint density at radius 3 is 2.64 bits per heavy atom. The number of hydrogen-bond acceptors (Lipinski definition) is 4. The minimum Gasteiger partial charge on any atom is -0.485 e. The van der Waals surface area contributed by atoms with Crippen molar-refractivity contribution in [3.8, 4) is 0 Å². The predicted molar refractivity (Wildman–Crippen MR) is 38.8 cm³/mol. The number of esters is 1. The fourth-order valence-electron chi connectivity index (χ4n) is 0.439. The molecule has 1 N–H and O–H groups in total. The van der Waals surface area contributed by atoms with Gasteiger partial charge >= 0.3 is 5.97 Å². The van der Waals surface area contributed by atoms with Crippen LogP contribution in [-0.2, 0) is 14.3 Å². The van der Waals surface area contributed by atoms with Gasteiger partial charge in [-0.2, -0.15) is 0 Å². The average molecular weight is 160 g/mol. The van der Waals surface area contributed by atoms with Crippen LogP contribution in [0.3, 0.4) is 0 Å². The van der Waals surface area contributed by atoms with Gasteiger partial charge in [-0.05, 0) is 13.5 Å². The summed E-state index contributed by atoms with van der Waals surface area (Å²) in [6, 6.07) is 0. The lowest BCUT2D eigenvalue weighted by atomic mass is 10.5. The maximum Gasteiger partial charge on any atom is 0.372 e.